The largest absolute Gasteiger partial charge is 0.496 e. The number of carboxylic acid groups (broad SMARTS) is 1. The highest BCUT2D eigenvalue weighted by atomic mass is 16.5. The summed E-state index contributed by atoms with van der Waals surface area (Å²) in [6.07, 6.45) is 4.38. The summed E-state index contributed by atoms with van der Waals surface area (Å²) in [5.74, 6) is -0.536. The molecule has 2 aromatic rings. The second-order valence-electron chi connectivity index (χ2n) is 6.25. The smallest absolute Gasteiger partial charge is 0.354 e. The normalized spacial score (nSPS) is 15.1. The van der Waals surface area contributed by atoms with Crippen LogP contribution in [0.5, 0.6) is 5.75 Å². The SMILES string of the molecule is COc1ccccc1C1(CNC(=O)c2ccc(C(=O)O)nc2)CCC1. The lowest BCUT2D eigenvalue weighted by atomic mass is 9.64. The second-order valence-corrected chi connectivity index (χ2v) is 6.25. The minimum Gasteiger partial charge on any atom is -0.496 e. The molecule has 1 heterocycles. The van der Waals surface area contributed by atoms with Crippen LogP contribution in [0.3, 0.4) is 0 Å². The predicted molar refractivity (Wildman–Crippen MR) is 92.1 cm³/mol. The van der Waals surface area contributed by atoms with Crippen LogP contribution >= 0.6 is 0 Å². The molecule has 0 spiro atoms. The van der Waals surface area contributed by atoms with E-state index in [9.17, 15) is 9.59 Å². The lowest BCUT2D eigenvalue weighted by Gasteiger charge is -2.43. The van der Waals surface area contributed by atoms with Gasteiger partial charge in [0, 0.05) is 23.7 Å². The molecule has 0 atom stereocenters. The van der Waals surface area contributed by atoms with Gasteiger partial charge in [0.05, 0.1) is 12.7 Å². The van der Waals surface area contributed by atoms with E-state index in [1.807, 2.05) is 24.3 Å². The third-order valence-corrected chi connectivity index (χ3v) is 4.82. The van der Waals surface area contributed by atoms with Gasteiger partial charge in [-0.15, -0.1) is 0 Å². The van der Waals surface area contributed by atoms with E-state index < -0.39 is 5.97 Å². The standard InChI is InChI=1S/C19H20N2O4/c1-25-16-6-3-2-5-14(16)19(9-4-10-19)12-21-17(22)13-7-8-15(18(23)24)20-11-13/h2-3,5-8,11H,4,9-10,12H2,1H3,(H,21,22)(H,23,24). The van der Waals surface area contributed by atoms with E-state index >= 15 is 0 Å². The van der Waals surface area contributed by atoms with Gasteiger partial charge in [-0.1, -0.05) is 24.6 Å². The number of rotatable bonds is 6. The number of carbonyl (C=O) groups excluding carboxylic acids is 1. The molecule has 1 fully saturated rings. The maximum atomic E-state index is 12.4. The van der Waals surface area contributed by atoms with E-state index in [1.54, 1.807) is 7.11 Å². The second kappa shape index (κ2) is 6.93. The lowest BCUT2D eigenvalue weighted by molar-refractivity contribution is 0.0689. The third-order valence-electron chi connectivity index (χ3n) is 4.82. The van der Waals surface area contributed by atoms with Gasteiger partial charge in [-0.05, 0) is 31.0 Å². The molecule has 1 aromatic carbocycles. The summed E-state index contributed by atoms with van der Waals surface area (Å²) in [5, 5.41) is 11.8. The Morgan fingerprint density at radius 1 is 1.24 bits per heavy atom. The molecule has 0 unspecified atom stereocenters. The summed E-state index contributed by atoms with van der Waals surface area (Å²) in [4.78, 5) is 27.0. The van der Waals surface area contributed by atoms with Crippen molar-refractivity contribution in [2.24, 2.45) is 0 Å². The first-order valence-corrected chi connectivity index (χ1v) is 8.17. The number of pyridine rings is 1. The zero-order valence-corrected chi connectivity index (χ0v) is 14.0. The average Bonchev–Trinajstić information content (AvgIpc) is 2.61. The predicted octanol–water partition coefficient (Wildman–Crippen LogP) is 2.64. The molecule has 0 radical (unpaired) electrons. The number of aromatic nitrogens is 1. The monoisotopic (exact) mass is 340 g/mol. The van der Waals surface area contributed by atoms with Crippen molar-refractivity contribution in [2.45, 2.75) is 24.7 Å². The van der Waals surface area contributed by atoms with Gasteiger partial charge in [-0.25, -0.2) is 9.78 Å². The number of nitrogens with zero attached hydrogens (tertiary/aromatic N) is 1. The first kappa shape index (κ1) is 17.0. The Morgan fingerprint density at radius 2 is 2.00 bits per heavy atom. The number of carbonyl (C=O) groups is 2. The Kier molecular flexibility index (Phi) is 4.70. The molecule has 1 saturated carbocycles. The van der Waals surface area contributed by atoms with Gasteiger partial charge < -0.3 is 15.2 Å². The molecule has 1 aliphatic rings. The van der Waals surface area contributed by atoms with Crippen LogP contribution in [0.15, 0.2) is 42.6 Å². The Bertz CT molecular complexity index is 782. The van der Waals surface area contributed by atoms with Crippen molar-refractivity contribution >= 4 is 11.9 Å². The van der Waals surface area contributed by atoms with Crippen molar-refractivity contribution < 1.29 is 19.4 Å². The molecule has 6 nitrogen and oxygen atoms in total. The van der Waals surface area contributed by atoms with Crippen LogP contribution in [0, 0.1) is 0 Å². The molecular weight excluding hydrogens is 320 g/mol. The Morgan fingerprint density at radius 3 is 2.56 bits per heavy atom. The van der Waals surface area contributed by atoms with E-state index in [0.29, 0.717) is 12.1 Å². The number of para-hydroxylation sites is 1. The van der Waals surface area contributed by atoms with E-state index in [1.165, 1.54) is 18.3 Å². The third kappa shape index (κ3) is 3.33. The van der Waals surface area contributed by atoms with Crippen LogP contribution in [-0.2, 0) is 5.41 Å². The van der Waals surface area contributed by atoms with Crippen LogP contribution in [0.4, 0.5) is 0 Å². The number of benzene rings is 1. The zero-order valence-electron chi connectivity index (χ0n) is 14.0. The van der Waals surface area contributed by atoms with Gasteiger partial charge in [-0.2, -0.15) is 0 Å². The molecule has 2 N–H and O–H groups in total. The molecule has 1 aliphatic carbocycles. The van der Waals surface area contributed by atoms with Gasteiger partial charge in [0.2, 0.25) is 0 Å². The summed E-state index contributed by atoms with van der Waals surface area (Å²) >= 11 is 0. The van der Waals surface area contributed by atoms with Crippen LogP contribution in [0.1, 0.15) is 45.7 Å². The molecular formula is C19H20N2O4. The average molecular weight is 340 g/mol. The van der Waals surface area contributed by atoms with E-state index in [4.69, 9.17) is 9.84 Å². The van der Waals surface area contributed by atoms with Gasteiger partial charge in [0.25, 0.3) is 5.91 Å². The quantitative estimate of drug-likeness (QED) is 0.844. The van der Waals surface area contributed by atoms with Crippen molar-refractivity contribution in [1.29, 1.82) is 0 Å². The fourth-order valence-electron chi connectivity index (χ4n) is 3.23. The van der Waals surface area contributed by atoms with Crippen molar-refractivity contribution in [3.05, 3.63) is 59.4 Å². The number of aromatic carboxylic acids is 1. The lowest BCUT2D eigenvalue weighted by Crippen LogP contribution is -2.45. The van der Waals surface area contributed by atoms with Gasteiger partial charge >= 0.3 is 5.97 Å². The van der Waals surface area contributed by atoms with Crippen LogP contribution in [0.25, 0.3) is 0 Å². The van der Waals surface area contributed by atoms with Crippen LogP contribution < -0.4 is 10.1 Å². The maximum Gasteiger partial charge on any atom is 0.354 e. The highest BCUT2D eigenvalue weighted by Crippen LogP contribution is 2.46. The van der Waals surface area contributed by atoms with Crippen LogP contribution in [0.2, 0.25) is 0 Å². The fraction of sp³-hybridized carbons (Fsp3) is 0.316. The zero-order chi connectivity index (χ0) is 17.9. The minimum atomic E-state index is -1.11. The van der Waals surface area contributed by atoms with Crippen molar-refractivity contribution in [3.8, 4) is 5.75 Å². The van der Waals surface area contributed by atoms with Gasteiger partial charge in [0.1, 0.15) is 11.4 Å². The van der Waals surface area contributed by atoms with Crippen LogP contribution in [-0.4, -0.2) is 35.6 Å². The maximum absolute atomic E-state index is 12.4. The molecule has 6 heteroatoms. The summed E-state index contributed by atoms with van der Waals surface area (Å²) in [5.41, 5.74) is 1.26. The first-order valence-electron chi connectivity index (χ1n) is 8.17. The number of methoxy groups -OCH3 is 1. The molecule has 0 bridgehead atoms. The topological polar surface area (TPSA) is 88.5 Å². The summed E-state index contributed by atoms with van der Waals surface area (Å²) in [6, 6.07) is 10.7. The number of nitrogens with one attached hydrogen (secondary N) is 1. The number of carboxylic acids is 1. The van der Waals surface area contributed by atoms with Gasteiger partial charge in [0.15, 0.2) is 0 Å². The molecule has 0 aliphatic heterocycles. The summed E-state index contributed by atoms with van der Waals surface area (Å²) in [6.45, 7) is 0.507. The molecule has 3 rings (SSSR count). The van der Waals surface area contributed by atoms with E-state index in [2.05, 4.69) is 10.3 Å². The Balaban J connectivity index is 1.72. The molecule has 1 amide bonds. The number of hydrogen-bond acceptors (Lipinski definition) is 4. The van der Waals surface area contributed by atoms with Crippen molar-refractivity contribution in [1.82, 2.24) is 10.3 Å². The minimum absolute atomic E-state index is 0.0824. The highest BCUT2D eigenvalue weighted by Gasteiger charge is 2.40. The Hall–Kier alpha value is -2.89. The molecule has 130 valence electrons. The van der Waals surface area contributed by atoms with E-state index in [-0.39, 0.29) is 17.0 Å². The number of amides is 1. The van der Waals surface area contributed by atoms with Gasteiger partial charge in [-0.3, -0.25) is 4.79 Å². The number of ether oxygens (including phenoxy) is 1. The first-order chi connectivity index (χ1) is 12.1. The summed E-state index contributed by atoms with van der Waals surface area (Å²) in [7, 11) is 1.65. The van der Waals surface area contributed by atoms with Crippen molar-refractivity contribution in [2.75, 3.05) is 13.7 Å². The molecule has 25 heavy (non-hydrogen) atoms. The van der Waals surface area contributed by atoms with E-state index in [0.717, 1.165) is 30.6 Å². The highest BCUT2D eigenvalue weighted by molar-refractivity contribution is 5.94. The molecule has 1 aromatic heterocycles. The van der Waals surface area contributed by atoms with Crippen molar-refractivity contribution in [3.63, 3.8) is 0 Å². The summed E-state index contributed by atoms with van der Waals surface area (Å²) < 4.78 is 5.48. The Labute approximate surface area is 145 Å². The number of hydrogen-bond donors (Lipinski definition) is 2. The molecule has 0 saturated heterocycles. The fourth-order valence-corrected chi connectivity index (χ4v) is 3.23.